The number of sulfonamides is 1. The first-order valence-corrected chi connectivity index (χ1v) is 18.9. The summed E-state index contributed by atoms with van der Waals surface area (Å²) in [5, 5.41) is 18.3. The molecule has 0 unspecified atom stereocenters. The first-order chi connectivity index (χ1) is 23.7. The maximum Gasteiger partial charge on any atom is 0.407 e. The molecule has 2 aromatic rings. The highest BCUT2D eigenvalue weighted by Crippen LogP contribution is 2.46. The van der Waals surface area contributed by atoms with Gasteiger partial charge in [0.1, 0.15) is 17.6 Å². The zero-order valence-corrected chi connectivity index (χ0v) is 29.6. The number of benzene rings is 1. The first-order valence-electron chi connectivity index (χ1n) is 17.4. The molecule has 1 aromatic carbocycles. The summed E-state index contributed by atoms with van der Waals surface area (Å²) in [6.45, 7) is 9.41. The number of hydrogen-bond acceptors (Lipinski definition) is 10. The van der Waals surface area contributed by atoms with Crippen molar-refractivity contribution in [3.05, 3.63) is 48.3 Å². The summed E-state index contributed by atoms with van der Waals surface area (Å²) in [5.74, 6) is -2.67. The lowest BCUT2D eigenvalue weighted by atomic mass is 9.85. The summed E-state index contributed by atoms with van der Waals surface area (Å²) < 4.78 is 32.9. The molecule has 16 heteroatoms. The number of ether oxygens (including phenoxy) is 1. The Kier molecular flexibility index (Phi) is 9.76. The number of cyclic esters (lactones) is 1. The molecule has 270 valence electrons. The SMILES string of the molecule is C=C[C@@H]1C[C@]1(NC(=O)[C@@H]1C[C@@H]2CN1C(=O)[C@H](C(C)(C)C)NC(=O)OCCCCCCc1ccccc1-n1nnc2n1)C(=O)NS(=O)(=O)C1CC1. The maximum atomic E-state index is 14.4. The lowest BCUT2D eigenvalue weighted by Crippen LogP contribution is -2.60. The fourth-order valence-corrected chi connectivity index (χ4v) is 8.22. The van der Waals surface area contributed by atoms with E-state index in [9.17, 15) is 27.6 Å². The van der Waals surface area contributed by atoms with E-state index in [0.29, 0.717) is 25.1 Å². The summed E-state index contributed by atoms with van der Waals surface area (Å²) in [6.07, 6.45) is 6.13. The van der Waals surface area contributed by atoms with Crippen LogP contribution in [0.1, 0.15) is 89.4 Å². The lowest BCUT2D eigenvalue weighted by Gasteiger charge is -2.35. The Labute approximate surface area is 292 Å². The number of aryl methyl sites for hydroxylation is 1. The standard InChI is InChI=1S/C34H46N8O7S/c1-5-23-19-34(23,31(45)39-50(47,48)24-15-16-24)36-29(43)26-18-22-20-41(26)30(44)27(33(2,3)4)35-32(46)49-17-11-7-6-8-12-21-13-9-10-14-25(21)42-38-28(22)37-40-42/h5,9-10,13-14,22-24,26-27H,1,6-8,11-12,15-20H2,2-4H3,(H,35,46)(H,36,43)(H,39,45)/t22-,23-,26+,27-,34-/m1/s1. The fraction of sp³-hybridized carbons (Fsp3) is 0.618. The van der Waals surface area contributed by atoms with Crippen LogP contribution in [0, 0.1) is 11.3 Å². The van der Waals surface area contributed by atoms with Crippen LogP contribution < -0.4 is 15.4 Å². The van der Waals surface area contributed by atoms with Crippen molar-refractivity contribution in [2.75, 3.05) is 13.2 Å². The van der Waals surface area contributed by atoms with Gasteiger partial charge in [-0.3, -0.25) is 19.1 Å². The highest BCUT2D eigenvalue weighted by Gasteiger charge is 2.62. The number of nitrogens with zero attached hydrogens (tertiary/aromatic N) is 5. The van der Waals surface area contributed by atoms with Gasteiger partial charge in [0, 0.05) is 18.4 Å². The number of tetrazole rings is 1. The van der Waals surface area contributed by atoms with Gasteiger partial charge in [-0.1, -0.05) is 57.9 Å². The molecule has 0 spiro atoms. The number of alkyl carbamates (subject to hydrolysis) is 1. The normalized spacial score (nSPS) is 27.8. The molecular weight excluding hydrogens is 664 g/mol. The maximum absolute atomic E-state index is 14.4. The second-order valence-corrected chi connectivity index (χ2v) is 16.9. The molecule has 4 bridgehead atoms. The summed E-state index contributed by atoms with van der Waals surface area (Å²) in [5.41, 5.74) is -0.475. The van der Waals surface area contributed by atoms with Crippen LogP contribution in [-0.4, -0.2) is 93.4 Å². The van der Waals surface area contributed by atoms with Crippen molar-refractivity contribution in [2.45, 2.75) is 107 Å². The summed E-state index contributed by atoms with van der Waals surface area (Å²) >= 11 is 0. The van der Waals surface area contributed by atoms with E-state index < -0.39 is 74.0 Å². The Balaban J connectivity index is 1.32. The number of fused-ring (bicyclic) bond motifs is 7. The molecule has 1 saturated heterocycles. The molecular formula is C34H46N8O7S. The van der Waals surface area contributed by atoms with Gasteiger partial charge >= 0.3 is 6.09 Å². The van der Waals surface area contributed by atoms with Crippen LogP contribution in [0.4, 0.5) is 4.79 Å². The van der Waals surface area contributed by atoms with Crippen molar-refractivity contribution >= 4 is 33.8 Å². The zero-order valence-electron chi connectivity index (χ0n) is 28.8. The van der Waals surface area contributed by atoms with Gasteiger partial charge in [0.25, 0.3) is 5.91 Å². The average molecular weight is 711 g/mol. The van der Waals surface area contributed by atoms with Gasteiger partial charge in [-0.2, -0.15) is 0 Å². The number of carbonyl (C=O) groups is 4. The number of aromatic nitrogens is 4. The molecule has 2 aliphatic carbocycles. The molecule has 5 atom stereocenters. The van der Waals surface area contributed by atoms with Crippen molar-refractivity contribution in [3.8, 4) is 5.69 Å². The van der Waals surface area contributed by atoms with Gasteiger partial charge in [-0.05, 0) is 67.2 Å². The van der Waals surface area contributed by atoms with Crippen LogP contribution >= 0.6 is 0 Å². The number of rotatable bonds is 6. The second kappa shape index (κ2) is 13.8. The van der Waals surface area contributed by atoms with Crippen LogP contribution in [0.3, 0.4) is 0 Å². The topological polar surface area (TPSA) is 195 Å². The number of nitrogens with one attached hydrogen (secondary N) is 3. The third kappa shape index (κ3) is 7.39. The van der Waals surface area contributed by atoms with Crippen LogP contribution in [0.5, 0.6) is 0 Å². The number of para-hydroxylation sites is 1. The van der Waals surface area contributed by atoms with Crippen molar-refractivity contribution in [1.82, 2.24) is 40.5 Å². The minimum absolute atomic E-state index is 0.0354. The van der Waals surface area contributed by atoms with Crippen LogP contribution in [0.25, 0.3) is 5.69 Å². The third-order valence-corrected chi connectivity index (χ3v) is 11.9. The Hall–Kier alpha value is -4.34. The highest BCUT2D eigenvalue weighted by atomic mass is 32.2. The van der Waals surface area contributed by atoms with Crippen molar-refractivity contribution in [3.63, 3.8) is 0 Å². The zero-order chi connectivity index (χ0) is 35.8. The molecule has 4 amide bonds. The summed E-state index contributed by atoms with van der Waals surface area (Å²) in [4.78, 5) is 57.9. The quantitative estimate of drug-likeness (QED) is 0.375. The Morgan fingerprint density at radius 3 is 2.56 bits per heavy atom. The van der Waals surface area contributed by atoms with Gasteiger partial charge in [-0.25, -0.2) is 13.2 Å². The predicted octanol–water partition coefficient (Wildman–Crippen LogP) is 2.27. The summed E-state index contributed by atoms with van der Waals surface area (Å²) in [7, 11) is -3.88. The van der Waals surface area contributed by atoms with E-state index in [2.05, 4.69) is 32.2 Å². The lowest BCUT2D eigenvalue weighted by molar-refractivity contribution is -0.142. The van der Waals surface area contributed by atoms with Crippen molar-refractivity contribution in [1.29, 1.82) is 0 Å². The van der Waals surface area contributed by atoms with E-state index in [1.165, 1.54) is 15.8 Å². The highest BCUT2D eigenvalue weighted by molar-refractivity contribution is 7.91. The molecule has 0 radical (unpaired) electrons. The monoisotopic (exact) mass is 710 g/mol. The minimum Gasteiger partial charge on any atom is -0.450 e. The summed E-state index contributed by atoms with van der Waals surface area (Å²) in [6, 6.07) is 5.63. The smallest absolute Gasteiger partial charge is 0.407 e. The average Bonchev–Trinajstić information content (AvgIpc) is 3.94. The molecule has 2 saturated carbocycles. The number of amides is 4. The van der Waals surface area contributed by atoms with E-state index in [1.807, 2.05) is 24.3 Å². The van der Waals surface area contributed by atoms with E-state index in [0.717, 1.165) is 36.9 Å². The van der Waals surface area contributed by atoms with Gasteiger partial charge in [0.15, 0.2) is 5.82 Å². The predicted molar refractivity (Wildman–Crippen MR) is 181 cm³/mol. The molecule has 2 aliphatic heterocycles. The van der Waals surface area contributed by atoms with Gasteiger partial charge in [0.05, 0.1) is 17.5 Å². The second-order valence-electron chi connectivity index (χ2n) is 14.9. The van der Waals surface area contributed by atoms with E-state index in [1.54, 1.807) is 20.8 Å². The number of hydrogen-bond donors (Lipinski definition) is 3. The van der Waals surface area contributed by atoms with Crippen LogP contribution in [0.2, 0.25) is 0 Å². The molecule has 1 aromatic heterocycles. The van der Waals surface area contributed by atoms with E-state index in [4.69, 9.17) is 9.84 Å². The molecule has 50 heavy (non-hydrogen) atoms. The first kappa shape index (κ1) is 35.5. The molecule has 4 aliphatic rings. The van der Waals surface area contributed by atoms with E-state index in [-0.39, 0.29) is 26.0 Å². The van der Waals surface area contributed by atoms with Gasteiger partial charge in [0.2, 0.25) is 21.8 Å². The van der Waals surface area contributed by atoms with Crippen LogP contribution in [0.15, 0.2) is 36.9 Å². The Morgan fingerprint density at radius 1 is 1.12 bits per heavy atom. The molecule has 3 fully saturated rings. The molecule has 3 heterocycles. The Morgan fingerprint density at radius 2 is 1.86 bits per heavy atom. The Bertz CT molecular complexity index is 1770. The molecule has 15 nitrogen and oxygen atoms in total. The molecule has 3 N–H and O–H groups in total. The molecule has 6 rings (SSSR count). The van der Waals surface area contributed by atoms with E-state index >= 15 is 0 Å². The third-order valence-electron chi connectivity index (χ3n) is 10.1. The largest absolute Gasteiger partial charge is 0.450 e. The van der Waals surface area contributed by atoms with Crippen molar-refractivity contribution < 1.29 is 32.3 Å². The van der Waals surface area contributed by atoms with Crippen molar-refractivity contribution in [2.24, 2.45) is 11.3 Å². The number of carbonyl (C=O) groups excluding carboxylic acids is 4. The fourth-order valence-electron chi connectivity index (χ4n) is 6.85. The van der Waals surface area contributed by atoms with Crippen LogP contribution in [-0.2, 0) is 35.6 Å². The minimum atomic E-state index is -3.88. The van der Waals surface area contributed by atoms with Gasteiger partial charge < -0.3 is 20.3 Å². The van der Waals surface area contributed by atoms with Gasteiger partial charge in [-0.15, -0.1) is 21.6 Å².